The average Bonchev–Trinajstić information content (AvgIpc) is 2.27. The van der Waals surface area contributed by atoms with E-state index in [1.54, 1.807) is 19.2 Å². The molecule has 0 fully saturated rings. The summed E-state index contributed by atoms with van der Waals surface area (Å²) in [7, 11) is 1.69. The number of rotatable bonds is 3. The minimum absolute atomic E-state index is 0.0343. The summed E-state index contributed by atoms with van der Waals surface area (Å²) in [6.45, 7) is 7.48. The summed E-state index contributed by atoms with van der Waals surface area (Å²) in [6, 6.07) is 7.22. The predicted molar refractivity (Wildman–Crippen MR) is 74.1 cm³/mol. The van der Waals surface area contributed by atoms with Gasteiger partial charge in [-0.1, -0.05) is 24.3 Å². The second-order valence-corrected chi connectivity index (χ2v) is 5.59. The lowest BCUT2D eigenvalue weighted by Gasteiger charge is -2.24. The topological polar surface area (TPSA) is 46.6 Å². The highest BCUT2D eigenvalue weighted by Gasteiger charge is 2.19. The lowest BCUT2D eigenvalue weighted by molar-refractivity contribution is 0.0285. The Morgan fingerprint density at radius 3 is 2.11 bits per heavy atom. The number of Topliss-reactive ketones (excluding diaryl/α,β-unsaturated/α-hetero) is 1. The fourth-order valence-corrected chi connectivity index (χ4v) is 1.52. The van der Waals surface area contributed by atoms with Gasteiger partial charge in [-0.25, -0.2) is 4.79 Å². The van der Waals surface area contributed by atoms with E-state index in [0.717, 1.165) is 5.56 Å². The molecule has 4 nitrogen and oxygen atoms in total. The largest absolute Gasteiger partial charge is 0.444 e. The number of benzene rings is 1. The van der Waals surface area contributed by atoms with Crippen LogP contribution in [-0.2, 0) is 11.3 Å². The van der Waals surface area contributed by atoms with Gasteiger partial charge in [-0.3, -0.25) is 4.79 Å². The van der Waals surface area contributed by atoms with Crippen molar-refractivity contribution in [1.82, 2.24) is 4.90 Å². The van der Waals surface area contributed by atoms with Gasteiger partial charge in [0.2, 0.25) is 0 Å². The van der Waals surface area contributed by atoms with Crippen LogP contribution in [0.3, 0.4) is 0 Å². The first-order chi connectivity index (χ1) is 8.69. The van der Waals surface area contributed by atoms with E-state index in [1.807, 2.05) is 32.9 Å². The van der Waals surface area contributed by atoms with Crippen LogP contribution in [0, 0.1) is 0 Å². The van der Waals surface area contributed by atoms with E-state index in [0.29, 0.717) is 12.1 Å². The van der Waals surface area contributed by atoms with E-state index in [4.69, 9.17) is 4.74 Å². The molecule has 1 aromatic carbocycles. The van der Waals surface area contributed by atoms with Gasteiger partial charge in [-0.15, -0.1) is 0 Å². The number of carbonyl (C=O) groups is 2. The quantitative estimate of drug-likeness (QED) is 0.786. The standard InChI is InChI=1S/C15H21NO3/c1-11(17)13-8-6-12(7-9-13)10-16(5)14(18)19-15(2,3)4/h6-9H,10H2,1-5H3. The Balaban J connectivity index is 2.64. The van der Waals surface area contributed by atoms with Gasteiger partial charge in [0.1, 0.15) is 5.60 Å². The monoisotopic (exact) mass is 263 g/mol. The summed E-state index contributed by atoms with van der Waals surface area (Å²) < 4.78 is 5.27. The Morgan fingerprint density at radius 1 is 1.16 bits per heavy atom. The molecule has 0 atom stereocenters. The average molecular weight is 263 g/mol. The number of ether oxygens (including phenoxy) is 1. The first kappa shape index (κ1) is 15.2. The minimum Gasteiger partial charge on any atom is -0.444 e. The smallest absolute Gasteiger partial charge is 0.410 e. The fourth-order valence-electron chi connectivity index (χ4n) is 1.52. The molecule has 0 aromatic heterocycles. The molecular formula is C15H21NO3. The zero-order valence-corrected chi connectivity index (χ0v) is 12.2. The number of hydrogen-bond acceptors (Lipinski definition) is 3. The number of hydrogen-bond donors (Lipinski definition) is 0. The zero-order valence-electron chi connectivity index (χ0n) is 12.2. The highest BCUT2D eigenvalue weighted by molar-refractivity contribution is 5.94. The van der Waals surface area contributed by atoms with Crippen LogP contribution in [-0.4, -0.2) is 29.4 Å². The van der Waals surface area contributed by atoms with Crippen molar-refractivity contribution in [3.8, 4) is 0 Å². The Labute approximate surface area is 114 Å². The third kappa shape index (κ3) is 5.12. The number of ketones is 1. The lowest BCUT2D eigenvalue weighted by atomic mass is 10.1. The Bertz CT molecular complexity index is 457. The van der Waals surface area contributed by atoms with Crippen LogP contribution in [0.25, 0.3) is 0 Å². The maximum Gasteiger partial charge on any atom is 0.410 e. The van der Waals surface area contributed by atoms with Gasteiger partial charge in [0.25, 0.3) is 0 Å². The van der Waals surface area contributed by atoms with Crippen molar-refractivity contribution in [2.24, 2.45) is 0 Å². The number of amides is 1. The molecule has 1 aromatic rings. The van der Waals surface area contributed by atoms with E-state index >= 15 is 0 Å². The highest BCUT2D eigenvalue weighted by atomic mass is 16.6. The van der Waals surface area contributed by atoms with Gasteiger partial charge in [0, 0.05) is 19.2 Å². The molecule has 0 saturated heterocycles. The summed E-state index contributed by atoms with van der Waals surface area (Å²) in [4.78, 5) is 24.5. The van der Waals surface area contributed by atoms with E-state index in [-0.39, 0.29) is 11.9 Å². The fraction of sp³-hybridized carbons (Fsp3) is 0.467. The molecule has 0 aliphatic carbocycles. The summed E-state index contributed by atoms with van der Waals surface area (Å²) in [5.74, 6) is 0.0343. The van der Waals surface area contributed by atoms with Crippen molar-refractivity contribution in [2.45, 2.75) is 39.8 Å². The molecule has 19 heavy (non-hydrogen) atoms. The third-order valence-electron chi connectivity index (χ3n) is 2.49. The molecule has 104 valence electrons. The first-order valence-corrected chi connectivity index (χ1v) is 6.23. The van der Waals surface area contributed by atoms with Crippen molar-refractivity contribution in [1.29, 1.82) is 0 Å². The second kappa shape index (κ2) is 5.87. The molecule has 0 N–H and O–H groups in total. The third-order valence-corrected chi connectivity index (χ3v) is 2.49. The van der Waals surface area contributed by atoms with Crippen LogP contribution in [0.1, 0.15) is 43.6 Å². The second-order valence-electron chi connectivity index (χ2n) is 5.59. The zero-order chi connectivity index (χ0) is 14.6. The lowest BCUT2D eigenvalue weighted by Crippen LogP contribution is -2.33. The summed E-state index contributed by atoms with van der Waals surface area (Å²) >= 11 is 0. The van der Waals surface area contributed by atoms with Crippen LogP contribution in [0.4, 0.5) is 4.79 Å². The molecule has 0 bridgehead atoms. The van der Waals surface area contributed by atoms with Crippen molar-refractivity contribution in [3.63, 3.8) is 0 Å². The molecule has 4 heteroatoms. The molecular weight excluding hydrogens is 242 g/mol. The van der Waals surface area contributed by atoms with Crippen LogP contribution >= 0.6 is 0 Å². The van der Waals surface area contributed by atoms with Crippen molar-refractivity contribution < 1.29 is 14.3 Å². The minimum atomic E-state index is -0.496. The van der Waals surface area contributed by atoms with Crippen LogP contribution < -0.4 is 0 Å². The van der Waals surface area contributed by atoms with E-state index in [1.165, 1.54) is 11.8 Å². The van der Waals surface area contributed by atoms with E-state index in [9.17, 15) is 9.59 Å². The van der Waals surface area contributed by atoms with Crippen molar-refractivity contribution in [2.75, 3.05) is 7.05 Å². The molecule has 1 amide bonds. The maximum absolute atomic E-state index is 11.8. The summed E-state index contributed by atoms with van der Waals surface area (Å²) in [6.07, 6.45) is -0.358. The van der Waals surface area contributed by atoms with Crippen molar-refractivity contribution in [3.05, 3.63) is 35.4 Å². The van der Waals surface area contributed by atoms with Gasteiger partial charge in [-0.05, 0) is 33.3 Å². The molecule has 0 aliphatic heterocycles. The molecule has 0 radical (unpaired) electrons. The Morgan fingerprint density at radius 2 is 1.68 bits per heavy atom. The van der Waals surface area contributed by atoms with E-state index < -0.39 is 5.60 Å². The summed E-state index contributed by atoms with van der Waals surface area (Å²) in [5.41, 5.74) is 1.13. The van der Waals surface area contributed by atoms with E-state index in [2.05, 4.69) is 0 Å². The molecule has 0 saturated carbocycles. The van der Waals surface area contributed by atoms with Crippen LogP contribution in [0.15, 0.2) is 24.3 Å². The molecule has 0 aliphatic rings. The number of carbonyl (C=O) groups excluding carboxylic acids is 2. The number of nitrogens with zero attached hydrogens (tertiary/aromatic N) is 1. The molecule has 1 rings (SSSR count). The molecule has 0 unspecified atom stereocenters. The first-order valence-electron chi connectivity index (χ1n) is 6.23. The van der Waals surface area contributed by atoms with Gasteiger partial charge >= 0.3 is 6.09 Å². The van der Waals surface area contributed by atoms with Gasteiger partial charge in [0.05, 0.1) is 0 Å². The predicted octanol–water partition coefficient (Wildman–Crippen LogP) is 3.26. The maximum atomic E-state index is 11.8. The highest BCUT2D eigenvalue weighted by Crippen LogP contribution is 2.12. The Kier molecular flexibility index (Phi) is 4.70. The van der Waals surface area contributed by atoms with Gasteiger partial charge in [-0.2, -0.15) is 0 Å². The Hall–Kier alpha value is -1.84. The van der Waals surface area contributed by atoms with Crippen LogP contribution in [0.5, 0.6) is 0 Å². The normalized spacial score (nSPS) is 11.0. The summed E-state index contributed by atoms with van der Waals surface area (Å²) in [5, 5.41) is 0. The van der Waals surface area contributed by atoms with Gasteiger partial charge < -0.3 is 9.64 Å². The molecule has 0 heterocycles. The SMILES string of the molecule is CC(=O)c1ccc(CN(C)C(=O)OC(C)(C)C)cc1. The van der Waals surface area contributed by atoms with Crippen molar-refractivity contribution >= 4 is 11.9 Å². The molecule has 0 spiro atoms. The van der Waals surface area contributed by atoms with Crippen LogP contribution in [0.2, 0.25) is 0 Å². The van der Waals surface area contributed by atoms with Gasteiger partial charge in [0.15, 0.2) is 5.78 Å².